The van der Waals surface area contributed by atoms with Gasteiger partial charge in [-0.25, -0.2) is 4.39 Å². The summed E-state index contributed by atoms with van der Waals surface area (Å²) in [6, 6.07) is 9.73. The number of nitrogens with zero attached hydrogens (tertiary/aromatic N) is 3. The third-order valence-corrected chi connectivity index (χ3v) is 4.93. The molecule has 2 aromatic heterocycles. The van der Waals surface area contributed by atoms with Crippen molar-refractivity contribution >= 4 is 0 Å². The summed E-state index contributed by atoms with van der Waals surface area (Å²) in [5.41, 5.74) is 1.69. The number of benzene rings is 1. The normalized spacial score (nSPS) is 19.8. The molecule has 1 aromatic carbocycles. The monoisotopic (exact) mass is 399 g/mol. The molecule has 29 heavy (non-hydrogen) atoms. The molecule has 1 aliphatic rings. The molecule has 2 atom stereocenters. The van der Waals surface area contributed by atoms with Gasteiger partial charge < -0.3 is 19.1 Å². The Bertz CT molecular complexity index is 950. The summed E-state index contributed by atoms with van der Waals surface area (Å²) in [5.74, 6) is 1.02. The molecule has 0 amide bonds. The summed E-state index contributed by atoms with van der Waals surface area (Å²) in [7, 11) is 1.45. The second-order valence-corrected chi connectivity index (χ2v) is 6.96. The fraction of sp³-hybridized carbons (Fsp3) is 0.333. The molecule has 1 fully saturated rings. The molecular formula is C21H22FN3O4. The van der Waals surface area contributed by atoms with Crippen molar-refractivity contribution < 1.29 is 23.5 Å². The molecule has 0 radical (unpaired) electrons. The van der Waals surface area contributed by atoms with Crippen LogP contribution in [0.5, 0.6) is 11.5 Å². The number of hydrogen-bond donors (Lipinski definition) is 1. The molecule has 0 aliphatic carbocycles. The van der Waals surface area contributed by atoms with Gasteiger partial charge in [-0.1, -0.05) is 5.16 Å². The lowest BCUT2D eigenvalue weighted by Crippen LogP contribution is -2.49. The molecule has 0 bridgehead atoms. The van der Waals surface area contributed by atoms with Gasteiger partial charge in [0.15, 0.2) is 17.3 Å². The first kappa shape index (κ1) is 19.4. The molecule has 1 aliphatic heterocycles. The minimum atomic E-state index is -0.622. The van der Waals surface area contributed by atoms with Crippen LogP contribution in [-0.2, 0) is 6.54 Å². The van der Waals surface area contributed by atoms with Gasteiger partial charge in [-0.2, -0.15) is 0 Å². The third kappa shape index (κ3) is 4.55. The summed E-state index contributed by atoms with van der Waals surface area (Å²) in [6.45, 7) is 1.74. The summed E-state index contributed by atoms with van der Waals surface area (Å²) in [6.07, 6.45) is 2.89. The molecule has 1 N–H and O–H groups in total. The molecule has 3 aromatic rings. The second-order valence-electron chi connectivity index (χ2n) is 6.96. The van der Waals surface area contributed by atoms with Crippen molar-refractivity contribution in [2.75, 3.05) is 20.2 Å². The van der Waals surface area contributed by atoms with Crippen LogP contribution in [0.15, 0.2) is 53.3 Å². The number of aliphatic hydroxyl groups excluding tert-OH is 1. The Morgan fingerprint density at radius 3 is 2.83 bits per heavy atom. The maximum absolute atomic E-state index is 13.4. The first-order valence-corrected chi connectivity index (χ1v) is 9.39. The number of aromatic nitrogens is 2. The van der Waals surface area contributed by atoms with Crippen LogP contribution in [0.2, 0.25) is 0 Å². The zero-order valence-corrected chi connectivity index (χ0v) is 16.0. The van der Waals surface area contributed by atoms with Crippen molar-refractivity contribution in [3.8, 4) is 22.8 Å². The number of rotatable bonds is 6. The summed E-state index contributed by atoms with van der Waals surface area (Å²) in [5, 5.41) is 14.5. The molecule has 7 nitrogen and oxygen atoms in total. The minimum absolute atomic E-state index is 0.298. The van der Waals surface area contributed by atoms with Crippen LogP contribution in [-0.4, -0.2) is 52.6 Å². The molecule has 0 saturated carbocycles. The first-order valence-electron chi connectivity index (χ1n) is 9.39. The largest absolute Gasteiger partial charge is 0.493 e. The molecule has 152 valence electrons. The number of hydrogen-bond acceptors (Lipinski definition) is 7. The van der Waals surface area contributed by atoms with Crippen LogP contribution in [0.4, 0.5) is 4.39 Å². The van der Waals surface area contributed by atoms with Gasteiger partial charge in [-0.05, 0) is 30.7 Å². The quantitative estimate of drug-likeness (QED) is 0.683. The van der Waals surface area contributed by atoms with Crippen molar-refractivity contribution in [2.45, 2.75) is 25.2 Å². The minimum Gasteiger partial charge on any atom is -0.493 e. The lowest BCUT2D eigenvalue weighted by Gasteiger charge is -2.35. The van der Waals surface area contributed by atoms with E-state index in [1.165, 1.54) is 25.3 Å². The number of ether oxygens (including phenoxy) is 2. The van der Waals surface area contributed by atoms with E-state index in [1.54, 1.807) is 12.4 Å². The summed E-state index contributed by atoms with van der Waals surface area (Å²) < 4.78 is 30.0. The third-order valence-electron chi connectivity index (χ3n) is 4.93. The summed E-state index contributed by atoms with van der Waals surface area (Å²) in [4.78, 5) is 6.13. The Morgan fingerprint density at radius 1 is 1.21 bits per heavy atom. The van der Waals surface area contributed by atoms with Crippen LogP contribution in [0.25, 0.3) is 11.3 Å². The van der Waals surface area contributed by atoms with E-state index in [4.69, 9.17) is 14.0 Å². The number of likely N-dealkylation sites (tertiary alicyclic amines) is 1. The van der Waals surface area contributed by atoms with Crippen LogP contribution in [0.3, 0.4) is 0 Å². The number of halogens is 1. The lowest BCUT2D eigenvalue weighted by atomic mass is 10.0. The molecule has 0 unspecified atom stereocenters. The van der Waals surface area contributed by atoms with Crippen LogP contribution in [0, 0.1) is 5.82 Å². The van der Waals surface area contributed by atoms with Crippen LogP contribution in [0.1, 0.15) is 12.2 Å². The molecular weight excluding hydrogens is 377 g/mol. The van der Waals surface area contributed by atoms with Crippen molar-refractivity contribution in [3.05, 3.63) is 60.4 Å². The zero-order chi connectivity index (χ0) is 20.2. The van der Waals surface area contributed by atoms with Gasteiger partial charge in [0.2, 0.25) is 0 Å². The lowest BCUT2D eigenvalue weighted by molar-refractivity contribution is -0.0293. The Labute approximate surface area is 167 Å². The fourth-order valence-electron chi connectivity index (χ4n) is 3.40. The van der Waals surface area contributed by atoms with Gasteiger partial charge in [0, 0.05) is 43.2 Å². The average molecular weight is 399 g/mol. The van der Waals surface area contributed by atoms with Crippen molar-refractivity contribution in [1.82, 2.24) is 15.0 Å². The van der Waals surface area contributed by atoms with E-state index >= 15 is 0 Å². The highest BCUT2D eigenvalue weighted by atomic mass is 19.1. The zero-order valence-electron chi connectivity index (χ0n) is 16.0. The topological polar surface area (TPSA) is 80.9 Å². The molecule has 0 spiro atoms. The van der Waals surface area contributed by atoms with Crippen LogP contribution < -0.4 is 9.47 Å². The van der Waals surface area contributed by atoms with E-state index in [0.29, 0.717) is 37.6 Å². The van der Waals surface area contributed by atoms with Crippen molar-refractivity contribution in [1.29, 1.82) is 0 Å². The Morgan fingerprint density at radius 2 is 2.03 bits per heavy atom. The van der Waals surface area contributed by atoms with E-state index < -0.39 is 18.0 Å². The number of methoxy groups -OCH3 is 1. The number of aliphatic hydroxyl groups is 1. The van der Waals surface area contributed by atoms with Gasteiger partial charge >= 0.3 is 0 Å². The molecule has 4 rings (SSSR count). The van der Waals surface area contributed by atoms with E-state index in [-0.39, 0.29) is 0 Å². The predicted octanol–water partition coefficient (Wildman–Crippen LogP) is 2.90. The predicted molar refractivity (Wildman–Crippen MR) is 103 cm³/mol. The smallest absolute Gasteiger partial charge is 0.163 e. The Hall–Kier alpha value is -2.97. The first-order chi connectivity index (χ1) is 14.1. The number of piperidine rings is 1. The van der Waals surface area contributed by atoms with E-state index in [1.807, 2.05) is 18.2 Å². The highest BCUT2D eigenvalue weighted by molar-refractivity contribution is 5.57. The molecule has 3 heterocycles. The van der Waals surface area contributed by atoms with Gasteiger partial charge in [0.1, 0.15) is 17.6 Å². The van der Waals surface area contributed by atoms with Crippen molar-refractivity contribution in [3.63, 3.8) is 0 Å². The van der Waals surface area contributed by atoms with Gasteiger partial charge in [0.25, 0.3) is 0 Å². The fourth-order valence-corrected chi connectivity index (χ4v) is 3.40. The van der Waals surface area contributed by atoms with E-state index in [9.17, 15) is 9.50 Å². The highest BCUT2D eigenvalue weighted by Crippen LogP contribution is 2.30. The summed E-state index contributed by atoms with van der Waals surface area (Å²) >= 11 is 0. The highest BCUT2D eigenvalue weighted by Gasteiger charge is 2.30. The maximum atomic E-state index is 13.4. The average Bonchev–Trinajstić information content (AvgIpc) is 3.21. The standard InChI is InChI=1S/C21H22FN3O4/c1-27-20-10-15(22)2-3-19(20)28-21-13-25(9-6-18(21)26)12-16-11-17(24-29-16)14-4-7-23-8-5-14/h2-5,7-8,10-11,18,21,26H,6,9,12-13H2,1H3/t18-,21-/m1/s1. The second kappa shape index (κ2) is 8.59. The Kier molecular flexibility index (Phi) is 5.73. The number of pyridine rings is 1. The van der Waals surface area contributed by atoms with Gasteiger partial charge in [0.05, 0.1) is 19.8 Å². The van der Waals surface area contributed by atoms with Gasteiger partial charge in [-0.15, -0.1) is 0 Å². The Balaban J connectivity index is 1.42. The van der Waals surface area contributed by atoms with E-state index in [2.05, 4.69) is 15.0 Å². The van der Waals surface area contributed by atoms with Crippen molar-refractivity contribution in [2.24, 2.45) is 0 Å². The molecule has 8 heteroatoms. The maximum Gasteiger partial charge on any atom is 0.163 e. The van der Waals surface area contributed by atoms with Crippen LogP contribution >= 0.6 is 0 Å². The SMILES string of the molecule is COc1cc(F)ccc1O[C@@H]1CN(Cc2cc(-c3ccncc3)no2)CC[C@H]1O. The van der Waals surface area contributed by atoms with Gasteiger partial charge in [-0.3, -0.25) is 9.88 Å². The van der Waals surface area contributed by atoms with E-state index in [0.717, 1.165) is 17.0 Å². The molecule has 1 saturated heterocycles.